The second-order valence-electron chi connectivity index (χ2n) is 5.84. The molecule has 1 aromatic heterocycles. The number of ketones is 1. The average Bonchev–Trinajstić information content (AvgIpc) is 3.25. The van der Waals surface area contributed by atoms with Gasteiger partial charge < -0.3 is 14.5 Å². The molecule has 2 aromatic rings. The van der Waals surface area contributed by atoms with Gasteiger partial charge in [0, 0.05) is 12.2 Å². The number of H-pyrrole nitrogens is 1. The van der Waals surface area contributed by atoms with E-state index in [2.05, 4.69) is 9.71 Å². The minimum Gasteiger partial charge on any atom is -0.495 e. The predicted molar refractivity (Wildman–Crippen MR) is 91.7 cm³/mol. The second-order valence-corrected chi connectivity index (χ2v) is 7.53. The van der Waals surface area contributed by atoms with E-state index in [0.29, 0.717) is 5.69 Å². The summed E-state index contributed by atoms with van der Waals surface area (Å²) in [7, 11) is -2.47. The molecule has 138 valence electrons. The van der Waals surface area contributed by atoms with Crippen LogP contribution in [-0.4, -0.2) is 44.9 Å². The van der Waals surface area contributed by atoms with Crippen LogP contribution in [-0.2, 0) is 14.8 Å². The number of nitrogens with one attached hydrogen (secondary N) is 2. The molecule has 0 aliphatic heterocycles. The third-order valence-electron chi connectivity index (χ3n) is 3.82. The molecule has 1 heterocycles. The first-order chi connectivity index (χ1) is 12.4. The van der Waals surface area contributed by atoms with Crippen molar-refractivity contribution in [1.29, 1.82) is 0 Å². The molecule has 0 spiro atoms. The highest BCUT2D eigenvalue weighted by Crippen LogP contribution is 2.28. The molecule has 0 radical (unpaired) electrons. The van der Waals surface area contributed by atoms with Gasteiger partial charge in [0.15, 0.2) is 6.61 Å². The number of esters is 1. The summed E-state index contributed by atoms with van der Waals surface area (Å²) in [6.07, 6.45) is 3.15. The van der Waals surface area contributed by atoms with Crippen molar-refractivity contribution in [2.75, 3.05) is 13.7 Å². The second kappa shape index (κ2) is 7.30. The summed E-state index contributed by atoms with van der Waals surface area (Å²) in [5.41, 5.74) is 0.339. The first kappa shape index (κ1) is 18.2. The molecule has 0 bridgehead atoms. The SMILES string of the molecule is COc1ccc(C(=O)OCC(=O)c2ccc[nH]2)cc1S(=O)(=O)NC1CC1. The average molecular weight is 378 g/mol. The van der Waals surface area contributed by atoms with Crippen molar-refractivity contribution >= 4 is 21.8 Å². The van der Waals surface area contributed by atoms with Crippen LogP contribution in [0.5, 0.6) is 5.75 Å². The molecule has 1 saturated carbocycles. The smallest absolute Gasteiger partial charge is 0.338 e. The van der Waals surface area contributed by atoms with Crippen LogP contribution >= 0.6 is 0 Å². The van der Waals surface area contributed by atoms with E-state index < -0.39 is 22.6 Å². The van der Waals surface area contributed by atoms with Gasteiger partial charge in [-0.25, -0.2) is 17.9 Å². The van der Waals surface area contributed by atoms with Crippen LogP contribution in [0.25, 0.3) is 0 Å². The highest BCUT2D eigenvalue weighted by molar-refractivity contribution is 7.89. The van der Waals surface area contributed by atoms with Crippen LogP contribution in [0.2, 0.25) is 0 Å². The Morgan fingerprint density at radius 1 is 1.27 bits per heavy atom. The molecule has 1 aromatic carbocycles. The third kappa shape index (κ3) is 4.12. The molecule has 9 heteroatoms. The van der Waals surface area contributed by atoms with Crippen LogP contribution in [0.3, 0.4) is 0 Å². The van der Waals surface area contributed by atoms with E-state index >= 15 is 0 Å². The first-order valence-corrected chi connectivity index (χ1v) is 9.43. The number of methoxy groups -OCH3 is 1. The highest BCUT2D eigenvalue weighted by atomic mass is 32.2. The molecular weight excluding hydrogens is 360 g/mol. The molecule has 1 fully saturated rings. The van der Waals surface area contributed by atoms with Gasteiger partial charge in [-0.3, -0.25) is 4.79 Å². The lowest BCUT2D eigenvalue weighted by Crippen LogP contribution is -2.26. The van der Waals surface area contributed by atoms with Gasteiger partial charge in [0.05, 0.1) is 18.4 Å². The fourth-order valence-electron chi connectivity index (χ4n) is 2.29. The molecule has 0 atom stereocenters. The van der Waals surface area contributed by atoms with Gasteiger partial charge in [-0.05, 0) is 43.2 Å². The zero-order chi connectivity index (χ0) is 18.7. The van der Waals surface area contributed by atoms with E-state index in [1.807, 2.05) is 0 Å². The monoisotopic (exact) mass is 378 g/mol. The number of Topliss-reactive ketones (excluding diaryl/α,β-unsaturated/α-hetero) is 1. The zero-order valence-electron chi connectivity index (χ0n) is 14.0. The minimum absolute atomic E-state index is 0.0151. The lowest BCUT2D eigenvalue weighted by molar-refractivity contribution is 0.0473. The summed E-state index contributed by atoms with van der Waals surface area (Å²) in [5, 5.41) is 0. The van der Waals surface area contributed by atoms with Crippen molar-refractivity contribution in [3.8, 4) is 5.75 Å². The van der Waals surface area contributed by atoms with E-state index in [-0.39, 0.29) is 28.0 Å². The summed E-state index contributed by atoms with van der Waals surface area (Å²) in [4.78, 5) is 26.6. The standard InChI is InChI=1S/C17H18N2O6S/c1-24-15-7-4-11(9-16(15)26(22,23)19-12-5-6-12)17(21)25-10-14(20)13-3-2-8-18-13/h2-4,7-9,12,18-19H,5-6,10H2,1H3. The van der Waals surface area contributed by atoms with Gasteiger partial charge in [-0.15, -0.1) is 0 Å². The van der Waals surface area contributed by atoms with Gasteiger partial charge in [0.1, 0.15) is 10.6 Å². The molecule has 3 rings (SSSR count). The number of carbonyl (C=O) groups is 2. The van der Waals surface area contributed by atoms with Crippen molar-refractivity contribution in [3.05, 3.63) is 47.8 Å². The number of carbonyl (C=O) groups excluding carboxylic acids is 2. The highest BCUT2D eigenvalue weighted by Gasteiger charge is 2.30. The van der Waals surface area contributed by atoms with Gasteiger partial charge in [0.25, 0.3) is 0 Å². The molecule has 1 aliphatic rings. The van der Waals surface area contributed by atoms with Gasteiger partial charge >= 0.3 is 5.97 Å². The molecule has 0 saturated heterocycles. The molecule has 8 nitrogen and oxygen atoms in total. The van der Waals surface area contributed by atoms with Crippen molar-refractivity contribution in [2.45, 2.75) is 23.8 Å². The Morgan fingerprint density at radius 2 is 2.04 bits per heavy atom. The maximum Gasteiger partial charge on any atom is 0.338 e. The number of sulfonamides is 1. The maximum atomic E-state index is 12.5. The normalized spacial score (nSPS) is 14.0. The Morgan fingerprint density at radius 3 is 2.65 bits per heavy atom. The number of aromatic amines is 1. The van der Waals surface area contributed by atoms with Crippen LogP contribution in [0.15, 0.2) is 41.4 Å². The predicted octanol–water partition coefficient (Wildman–Crippen LogP) is 1.50. The summed E-state index contributed by atoms with van der Waals surface area (Å²) in [5.74, 6) is -1.06. The first-order valence-electron chi connectivity index (χ1n) is 7.95. The van der Waals surface area contributed by atoms with E-state index in [0.717, 1.165) is 12.8 Å². The number of ether oxygens (including phenoxy) is 2. The Labute approximate surface area is 150 Å². The van der Waals surface area contributed by atoms with Crippen molar-refractivity contribution in [2.24, 2.45) is 0 Å². The number of hydrogen-bond donors (Lipinski definition) is 2. The lowest BCUT2D eigenvalue weighted by atomic mass is 10.2. The largest absolute Gasteiger partial charge is 0.495 e. The quantitative estimate of drug-likeness (QED) is 0.531. The Bertz CT molecular complexity index is 917. The Hall–Kier alpha value is -2.65. The van der Waals surface area contributed by atoms with Crippen LogP contribution < -0.4 is 9.46 Å². The molecular formula is C17H18N2O6S. The van der Waals surface area contributed by atoms with Gasteiger partial charge in [0.2, 0.25) is 15.8 Å². The number of hydrogen-bond acceptors (Lipinski definition) is 6. The van der Waals surface area contributed by atoms with E-state index in [9.17, 15) is 18.0 Å². The summed E-state index contributed by atoms with van der Waals surface area (Å²) < 4.78 is 37.5. The van der Waals surface area contributed by atoms with Crippen molar-refractivity contribution in [3.63, 3.8) is 0 Å². The number of aromatic nitrogens is 1. The molecule has 1 aliphatic carbocycles. The Balaban J connectivity index is 1.76. The zero-order valence-corrected chi connectivity index (χ0v) is 14.8. The van der Waals surface area contributed by atoms with E-state index in [4.69, 9.17) is 9.47 Å². The number of rotatable bonds is 8. The van der Waals surface area contributed by atoms with E-state index in [1.165, 1.54) is 25.3 Å². The summed E-state index contributed by atoms with van der Waals surface area (Å²) in [6, 6.07) is 7.09. The maximum absolute atomic E-state index is 12.5. The van der Waals surface area contributed by atoms with Gasteiger partial charge in [-0.2, -0.15) is 0 Å². The third-order valence-corrected chi connectivity index (χ3v) is 5.36. The number of benzene rings is 1. The fourth-order valence-corrected chi connectivity index (χ4v) is 3.79. The lowest BCUT2D eigenvalue weighted by Gasteiger charge is -2.12. The summed E-state index contributed by atoms with van der Waals surface area (Å²) in [6.45, 7) is -0.451. The van der Waals surface area contributed by atoms with Crippen LogP contribution in [0.1, 0.15) is 33.7 Å². The minimum atomic E-state index is -3.82. The molecule has 0 amide bonds. The van der Waals surface area contributed by atoms with Crippen molar-refractivity contribution in [1.82, 2.24) is 9.71 Å². The van der Waals surface area contributed by atoms with Crippen LogP contribution in [0.4, 0.5) is 0 Å². The van der Waals surface area contributed by atoms with E-state index in [1.54, 1.807) is 18.3 Å². The molecule has 0 unspecified atom stereocenters. The van der Waals surface area contributed by atoms with Gasteiger partial charge in [-0.1, -0.05) is 0 Å². The molecule has 26 heavy (non-hydrogen) atoms. The topological polar surface area (TPSA) is 115 Å². The molecule has 2 N–H and O–H groups in total. The fraction of sp³-hybridized carbons (Fsp3) is 0.294. The Kier molecular flexibility index (Phi) is 5.10. The van der Waals surface area contributed by atoms with Crippen molar-refractivity contribution < 1.29 is 27.5 Å². The summed E-state index contributed by atoms with van der Waals surface area (Å²) >= 11 is 0. The van der Waals surface area contributed by atoms with Crippen LogP contribution in [0, 0.1) is 0 Å².